The van der Waals surface area contributed by atoms with Gasteiger partial charge in [-0.15, -0.1) is 5.10 Å². The Bertz CT molecular complexity index is 428. The molecular formula is C12H18N4O2. The summed E-state index contributed by atoms with van der Waals surface area (Å²) in [5.41, 5.74) is 5.97. The van der Waals surface area contributed by atoms with Gasteiger partial charge in [0.1, 0.15) is 11.9 Å². The normalized spacial score (nSPS) is 27.8. The number of rotatable bonds is 3. The highest BCUT2D eigenvalue weighted by atomic mass is 16.5. The van der Waals surface area contributed by atoms with Crippen LogP contribution in [0.25, 0.3) is 0 Å². The van der Waals surface area contributed by atoms with Crippen LogP contribution in [0.15, 0.2) is 12.3 Å². The average molecular weight is 250 g/mol. The fraction of sp³-hybridized carbons (Fsp3) is 0.583. The molecule has 0 amide bonds. The highest BCUT2D eigenvalue weighted by Gasteiger charge is 2.27. The number of nitrogens with zero attached hydrogens (tertiary/aromatic N) is 2. The maximum absolute atomic E-state index is 7.48. The van der Waals surface area contributed by atoms with Crippen LogP contribution >= 0.6 is 0 Å². The third-order valence-corrected chi connectivity index (χ3v) is 2.91. The third-order valence-electron chi connectivity index (χ3n) is 2.91. The van der Waals surface area contributed by atoms with Crippen LogP contribution in [-0.2, 0) is 4.74 Å². The van der Waals surface area contributed by atoms with Gasteiger partial charge in [-0.05, 0) is 19.9 Å². The Balaban J connectivity index is 2.11. The van der Waals surface area contributed by atoms with Gasteiger partial charge in [0, 0.05) is 12.8 Å². The predicted octanol–water partition coefficient (Wildman–Crippen LogP) is 1.10. The Hall–Kier alpha value is -1.69. The van der Waals surface area contributed by atoms with Gasteiger partial charge in [-0.1, -0.05) is 0 Å². The molecule has 0 aromatic carbocycles. The van der Waals surface area contributed by atoms with Gasteiger partial charge < -0.3 is 15.2 Å². The zero-order valence-electron chi connectivity index (χ0n) is 10.6. The number of aromatic nitrogens is 2. The summed E-state index contributed by atoms with van der Waals surface area (Å²) in [6, 6.07) is 1.64. The molecule has 2 rings (SSSR count). The first-order valence-corrected chi connectivity index (χ1v) is 6.04. The molecule has 1 fully saturated rings. The van der Waals surface area contributed by atoms with Crippen molar-refractivity contribution < 1.29 is 9.47 Å². The Labute approximate surface area is 106 Å². The molecule has 1 aliphatic rings. The van der Waals surface area contributed by atoms with Crippen molar-refractivity contribution in [2.75, 3.05) is 0 Å². The van der Waals surface area contributed by atoms with E-state index in [1.807, 2.05) is 13.8 Å². The molecule has 0 saturated carbocycles. The second kappa shape index (κ2) is 5.30. The van der Waals surface area contributed by atoms with E-state index in [4.69, 9.17) is 20.6 Å². The Morgan fingerprint density at radius 3 is 2.72 bits per heavy atom. The van der Waals surface area contributed by atoms with Crippen molar-refractivity contribution in [2.45, 2.75) is 45.0 Å². The summed E-state index contributed by atoms with van der Waals surface area (Å²) in [7, 11) is 0. The van der Waals surface area contributed by atoms with Crippen LogP contribution in [0.2, 0.25) is 0 Å². The monoisotopic (exact) mass is 250 g/mol. The van der Waals surface area contributed by atoms with E-state index >= 15 is 0 Å². The summed E-state index contributed by atoms with van der Waals surface area (Å²) in [6.07, 6.45) is 3.46. The molecule has 0 radical (unpaired) electrons. The van der Waals surface area contributed by atoms with Crippen molar-refractivity contribution in [2.24, 2.45) is 5.73 Å². The molecule has 2 heterocycles. The van der Waals surface area contributed by atoms with E-state index in [1.165, 1.54) is 6.20 Å². The molecular weight excluding hydrogens is 232 g/mol. The van der Waals surface area contributed by atoms with Crippen LogP contribution in [0.5, 0.6) is 5.88 Å². The van der Waals surface area contributed by atoms with Crippen LogP contribution in [0.3, 0.4) is 0 Å². The van der Waals surface area contributed by atoms with E-state index < -0.39 is 0 Å². The maximum Gasteiger partial charge on any atom is 0.244 e. The molecule has 0 bridgehead atoms. The quantitative estimate of drug-likeness (QED) is 0.618. The fourth-order valence-corrected chi connectivity index (χ4v) is 2.21. The highest BCUT2D eigenvalue weighted by molar-refractivity contribution is 5.96. The number of hydrogen-bond acceptors (Lipinski definition) is 5. The van der Waals surface area contributed by atoms with E-state index in [0.717, 1.165) is 12.8 Å². The van der Waals surface area contributed by atoms with Crippen molar-refractivity contribution in [3.8, 4) is 5.88 Å². The van der Waals surface area contributed by atoms with Crippen molar-refractivity contribution in [1.29, 1.82) is 5.41 Å². The zero-order chi connectivity index (χ0) is 13.1. The van der Waals surface area contributed by atoms with Gasteiger partial charge in [0.15, 0.2) is 0 Å². The maximum atomic E-state index is 7.48. The molecule has 18 heavy (non-hydrogen) atoms. The molecule has 6 nitrogen and oxygen atoms in total. The summed E-state index contributed by atoms with van der Waals surface area (Å²) >= 11 is 0. The first kappa shape index (κ1) is 12.8. The van der Waals surface area contributed by atoms with Crippen LogP contribution in [0.1, 0.15) is 32.3 Å². The lowest BCUT2D eigenvalue weighted by Crippen LogP contribution is -2.36. The number of amidine groups is 1. The minimum Gasteiger partial charge on any atom is -0.473 e. The first-order valence-electron chi connectivity index (χ1n) is 6.04. The third kappa shape index (κ3) is 2.95. The molecule has 2 unspecified atom stereocenters. The minimum atomic E-state index is -0.0620. The average Bonchev–Trinajstić information content (AvgIpc) is 2.27. The number of nitrogens with one attached hydrogen (secondary N) is 1. The summed E-state index contributed by atoms with van der Waals surface area (Å²) in [5, 5.41) is 15.2. The van der Waals surface area contributed by atoms with Crippen LogP contribution in [-0.4, -0.2) is 34.3 Å². The van der Waals surface area contributed by atoms with Crippen molar-refractivity contribution in [1.82, 2.24) is 10.2 Å². The molecule has 1 aliphatic heterocycles. The van der Waals surface area contributed by atoms with E-state index in [2.05, 4.69) is 10.2 Å². The molecule has 6 heteroatoms. The Kier molecular flexibility index (Phi) is 3.76. The molecule has 1 aromatic rings. The molecule has 1 saturated heterocycles. The second-order valence-corrected chi connectivity index (χ2v) is 4.63. The van der Waals surface area contributed by atoms with E-state index in [0.29, 0.717) is 11.4 Å². The SMILES string of the molecule is CC1CC(Oc2nnccc2C(=N)N)CC(C)O1. The lowest BCUT2D eigenvalue weighted by atomic mass is 10.0. The number of nitrogens with two attached hydrogens (primary N) is 1. The molecule has 0 spiro atoms. The highest BCUT2D eigenvalue weighted by Crippen LogP contribution is 2.24. The van der Waals surface area contributed by atoms with Gasteiger partial charge in [-0.3, -0.25) is 5.41 Å². The number of hydrogen-bond donors (Lipinski definition) is 2. The second-order valence-electron chi connectivity index (χ2n) is 4.63. The van der Waals surface area contributed by atoms with Gasteiger partial charge in [-0.2, -0.15) is 5.10 Å². The van der Waals surface area contributed by atoms with Gasteiger partial charge in [0.05, 0.1) is 24.0 Å². The Morgan fingerprint density at radius 2 is 2.11 bits per heavy atom. The van der Waals surface area contributed by atoms with Crippen LogP contribution in [0, 0.1) is 5.41 Å². The van der Waals surface area contributed by atoms with Crippen molar-refractivity contribution in [3.05, 3.63) is 17.8 Å². The van der Waals surface area contributed by atoms with Gasteiger partial charge in [0.25, 0.3) is 0 Å². The Morgan fingerprint density at radius 1 is 1.44 bits per heavy atom. The van der Waals surface area contributed by atoms with Gasteiger partial charge in [-0.25, -0.2) is 0 Å². The van der Waals surface area contributed by atoms with E-state index in [9.17, 15) is 0 Å². The smallest absolute Gasteiger partial charge is 0.244 e. The van der Waals surface area contributed by atoms with Crippen molar-refractivity contribution >= 4 is 5.84 Å². The predicted molar refractivity (Wildman–Crippen MR) is 66.7 cm³/mol. The lowest BCUT2D eigenvalue weighted by Gasteiger charge is -2.32. The van der Waals surface area contributed by atoms with Crippen LogP contribution in [0.4, 0.5) is 0 Å². The molecule has 98 valence electrons. The van der Waals surface area contributed by atoms with E-state index in [1.54, 1.807) is 6.07 Å². The summed E-state index contributed by atoms with van der Waals surface area (Å²) in [6.45, 7) is 4.04. The standard InChI is InChI=1S/C12H18N4O2/c1-7-5-9(6-8(2)17-7)18-12-10(11(13)14)3-4-15-16-12/h3-4,7-9H,5-6H2,1-2H3,(H3,13,14). The number of nitrogen functional groups attached to an aromatic ring is 1. The largest absolute Gasteiger partial charge is 0.473 e. The molecule has 3 N–H and O–H groups in total. The molecule has 2 atom stereocenters. The summed E-state index contributed by atoms with van der Waals surface area (Å²) in [5.74, 6) is 0.268. The molecule has 0 aliphatic carbocycles. The van der Waals surface area contributed by atoms with Crippen LogP contribution < -0.4 is 10.5 Å². The van der Waals surface area contributed by atoms with Gasteiger partial charge in [0.2, 0.25) is 5.88 Å². The fourth-order valence-electron chi connectivity index (χ4n) is 2.21. The first-order chi connectivity index (χ1) is 8.56. The lowest BCUT2D eigenvalue weighted by molar-refractivity contribution is -0.0731. The zero-order valence-corrected chi connectivity index (χ0v) is 10.6. The van der Waals surface area contributed by atoms with Crippen molar-refractivity contribution in [3.63, 3.8) is 0 Å². The van der Waals surface area contributed by atoms with E-state index in [-0.39, 0.29) is 24.1 Å². The minimum absolute atomic E-state index is 0.0264. The topological polar surface area (TPSA) is 94.1 Å². The number of ether oxygens (including phenoxy) is 2. The summed E-state index contributed by atoms with van der Waals surface area (Å²) < 4.78 is 11.5. The molecule has 1 aromatic heterocycles. The summed E-state index contributed by atoms with van der Waals surface area (Å²) in [4.78, 5) is 0. The van der Waals surface area contributed by atoms with Gasteiger partial charge >= 0.3 is 0 Å².